The predicted molar refractivity (Wildman–Crippen MR) is 73.5 cm³/mol. The van der Waals surface area contributed by atoms with Crippen molar-refractivity contribution in [2.24, 2.45) is 0 Å². The average Bonchev–Trinajstić information content (AvgIpc) is 2.89. The number of benzene rings is 1. The standard InChI is InChI=1S/C13H12N2O3S/c16-13(11-6-7-12(19-11)15(17)18)14-9-8-10-4-2-1-3-5-10/h1-7H,8-9H2,(H,14,16). The van der Waals surface area contributed by atoms with Crippen molar-refractivity contribution in [1.29, 1.82) is 0 Å². The van der Waals surface area contributed by atoms with Crippen molar-refractivity contribution in [3.8, 4) is 0 Å². The van der Waals surface area contributed by atoms with E-state index in [4.69, 9.17) is 0 Å². The number of amides is 1. The maximum absolute atomic E-state index is 11.7. The molecule has 2 aromatic rings. The van der Waals surface area contributed by atoms with Gasteiger partial charge in [-0.25, -0.2) is 0 Å². The van der Waals surface area contributed by atoms with Gasteiger partial charge in [0.25, 0.3) is 5.91 Å². The molecule has 1 aromatic heterocycles. The molecule has 98 valence electrons. The molecule has 0 atom stereocenters. The van der Waals surface area contributed by atoms with Crippen molar-refractivity contribution in [3.05, 3.63) is 63.0 Å². The Morgan fingerprint density at radius 3 is 2.58 bits per heavy atom. The van der Waals surface area contributed by atoms with Crippen molar-refractivity contribution >= 4 is 22.2 Å². The van der Waals surface area contributed by atoms with Crippen LogP contribution in [0.15, 0.2) is 42.5 Å². The summed E-state index contributed by atoms with van der Waals surface area (Å²) in [6, 6.07) is 12.6. The molecule has 0 unspecified atom stereocenters. The molecule has 0 spiro atoms. The van der Waals surface area contributed by atoms with Gasteiger partial charge in [-0.15, -0.1) is 0 Å². The fourth-order valence-electron chi connectivity index (χ4n) is 1.60. The van der Waals surface area contributed by atoms with E-state index in [-0.39, 0.29) is 10.9 Å². The number of hydrogen-bond donors (Lipinski definition) is 1. The van der Waals surface area contributed by atoms with Crippen LogP contribution in [0.1, 0.15) is 15.2 Å². The van der Waals surface area contributed by atoms with Crippen LogP contribution in [-0.2, 0) is 6.42 Å². The minimum atomic E-state index is -0.495. The first-order valence-electron chi connectivity index (χ1n) is 5.73. The molecular formula is C13H12N2O3S. The zero-order valence-electron chi connectivity index (χ0n) is 10.0. The molecule has 0 saturated heterocycles. The zero-order valence-corrected chi connectivity index (χ0v) is 10.9. The highest BCUT2D eigenvalue weighted by Crippen LogP contribution is 2.23. The number of carbonyl (C=O) groups excluding carboxylic acids is 1. The first kappa shape index (κ1) is 13.2. The van der Waals surface area contributed by atoms with E-state index in [1.165, 1.54) is 12.1 Å². The van der Waals surface area contributed by atoms with Gasteiger partial charge in [-0.05, 0) is 18.1 Å². The molecule has 1 amide bonds. The van der Waals surface area contributed by atoms with Gasteiger partial charge in [-0.1, -0.05) is 41.7 Å². The van der Waals surface area contributed by atoms with E-state index < -0.39 is 4.92 Å². The van der Waals surface area contributed by atoms with E-state index in [2.05, 4.69) is 5.32 Å². The third-order valence-electron chi connectivity index (χ3n) is 2.54. The van der Waals surface area contributed by atoms with Gasteiger partial charge < -0.3 is 5.32 Å². The van der Waals surface area contributed by atoms with E-state index in [1.807, 2.05) is 30.3 Å². The number of thiophene rings is 1. The van der Waals surface area contributed by atoms with E-state index in [0.29, 0.717) is 11.4 Å². The fraction of sp³-hybridized carbons (Fsp3) is 0.154. The SMILES string of the molecule is O=C(NCCc1ccccc1)c1ccc([N+](=O)[O-])s1. The molecule has 19 heavy (non-hydrogen) atoms. The molecule has 0 aliphatic carbocycles. The summed E-state index contributed by atoms with van der Waals surface area (Å²) in [4.78, 5) is 22.1. The molecular weight excluding hydrogens is 264 g/mol. The van der Waals surface area contributed by atoms with E-state index in [0.717, 1.165) is 23.3 Å². The highest BCUT2D eigenvalue weighted by atomic mass is 32.1. The Labute approximate surface area is 114 Å². The molecule has 2 rings (SSSR count). The maximum Gasteiger partial charge on any atom is 0.324 e. The second-order valence-electron chi connectivity index (χ2n) is 3.89. The number of rotatable bonds is 5. The minimum Gasteiger partial charge on any atom is -0.351 e. The molecule has 0 saturated carbocycles. The Balaban J connectivity index is 1.85. The van der Waals surface area contributed by atoms with Crippen LogP contribution in [0.5, 0.6) is 0 Å². The van der Waals surface area contributed by atoms with Crippen LogP contribution in [-0.4, -0.2) is 17.4 Å². The lowest BCUT2D eigenvalue weighted by Gasteiger charge is -2.03. The van der Waals surface area contributed by atoms with Gasteiger partial charge in [-0.2, -0.15) is 0 Å². The zero-order chi connectivity index (χ0) is 13.7. The molecule has 5 nitrogen and oxygen atoms in total. The van der Waals surface area contributed by atoms with Crippen LogP contribution in [0.4, 0.5) is 5.00 Å². The molecule has 0 bridgehead atoms. The largest absolute Gasteiger partial charge is 0.351 e. The Morgan fingerprint density at radius 1 is 1.21 bits per heavy atom. The highest BCUT2D eigenvalue weighted by Gasteiger charge is 2.14. The number of nitrogens with one attached hydrogen (secondary N) is 1. The minimum absolute atomic E-state index is 0.0202. The third-order valence-corrected chi connectivity index (χ3v) is 3.57. The Morgan fingerprint density at radius 2 is 1.95 bits per heavy atom. The van der Waals surface area contributed by atoms with Gasteiger partial charge in [-0.3, -0.25) is 14.9 Å². The van der Waals surface area contributed by atoms with Crippen LogP contribution >= 0.6 is 11.3 Å². The summed E-state index contributed by atoms with van der Waals surface area (Å²) in [5.74, 6) is -0.269. The number of nitro groups is 1. The van der Waals surface area contributed by atoms with Gasteiger partial charge >= 0.3 is 5.00 Å². The number of carbonyl (C=O) groups is 1. The van der Waals surface area contributed by atoms with E-state index >= 15 is 0 Å². The van der Waals surface area contributed by atoms with Crippen molar-refractivity contribution in [2.75, 3.05) is 6.54 Å². The summed E-state index contributed by atoms with van der Waals surface area (Å²) in [5.41, 5.74) is 1.14. The molecule has 6 heteroatoms. The molecule has 1 aromatic carbocycles. The normalized spacial score (nSPS) is 10.1. The lowest BCUT2D eigenvalue weighted by atomic mass is 10.1. The summed E-state index contributed by atoms with van der Waals surface area (Å²) in [5, 5.41) is 13.2. The van der Waals surface area contributed by atoms with Gasteiger partial charge in [0.1, 0.15) is 0 Å². The van der Waals surface area contributed by atoms with Gasteiger partial charge in [0.2, 0.25) is 0 Å². The first-order chi connectivity index (χ1) is 9.16. The average molecular weight is 276 g/mol. The summed E-state index contributed by atoms with van der Waals surface area (Å²) < 4.78 is 0. The Hall–Kier alpha value is -2.21. The lowest BCUT2D eigenvalue weighted by molar-refractivity contribution is -0.380. The smallest absolute Gasteiger partial charge is 0.324 e. The van der Waals surface area contributed by atoms with Crippen LogP contribution < -0.4 is 5.32 Å². The van der Waals surface area contributed by atoms with E-state index in [1.54, 1.807) is 0 Å². The highest BCUT2D eigenvalue weighted by molar-refractivity contribution is 7.17. The van der Waals surface area contributed by atoms with Crippen molar-refractivity contribution in [3.63, 3.8) is 0 Å². The number of nitrogens with zero attached hydrogens (tertiary/aromatic N) is 1. The third kappa shape index (κ3) is 3.62. The molecule has 1 heterocycles. The molecule has 0 radical (unpaired) electrons. The molecule has 0 aliphatic heterocycles. The molecule has 0 aliphatic rings. The Bertz CT molecular complexity index is 581. The number of hydrogen-bond acceptors (Lipinski definition) is 4. The summed E-state index contributed by atoms with van der Waals surface area (Å²) >= 11 is 0.884. The fourth-order valence-corrected chi connectivity index (χ4v) is 2.34. The predicted octanol–water partition coefficient (Wildman–Crippen LogP) is 2.63. The van der Waals surface area contributed by atoms with E-state index in [9.17, 15) is 14.9 Å². The molecule has 0 fully saturated rings. The first-order valence-corrected chi connectivity index (χ1v) is 6.55. The summed E-state index contributed by atoms with van der Waals surface area (Å²) in [7, 11) is 0. The van der Waals surface area contributed by atoms with Crippen molar-refractivity contribution < 1.29 is 9.72 Å². The monoisotopic (exact) mass is 276 g/mol. The topological polar surface area (TPSA) is 72.2 Å². The van der Waals surface area contributed by atoms with Gasteiger partial charge in [0.15, 0.2) is 0 Å². The Kier molecular flexibility index (Phi) is 4.25. The van der Waals surface area contributed by atoms with Gasteiger partial charge in [0, 0.05) is 12.6 Å². The maximum atomic E-state index is 11.7. The van der Waals surface area contributed by atoms with Crippen LogP contribution in [0.2, 0.25) is 0 Å². The van der Waals surface area contributed by atoms with Crippen LogP contribution in [0.3, 0.4) is 0 Å². The molecule has 1 N–H and O–H groups in total. The quantitative estimate of drug-likeness (QED) is 0.674. The summed E-state index contributed by atoms with van der Waals surface area (Å²) in [6.45, 7) is 0.508. The van der Waals surface area contributed by atoms with Gasteiger partial charge in [0.05, 0.1) is 9.80 Å². The lowest BCUT2D eigenvalue weighted by Crippen LogP contribution is -2.24. The van der Waals surface area contributed by atoms with Crippen molar-refractivity contribution in [1.82, 2.24) is 5.32 Å². The van der Waals surface area contributed by atoms with Crippen LogP contribution in [0.25, 0.3) is 0 Å². The summed E-state index contributed by atoms with van der Waals surface area (Å²) in [6.07, 6.45) is 0.736. The second-order valence-corrected chi connectivity index (χ2v) is 4.95. The van der Waals surface area contributed by atoms with Crippen molar-refractivity contribution in [2.45, 2.75) is 6.42 Å². The second kappa shape index (κ2) is 6.10. The van der Waals surface area contributed by atoms with Crippen LogP contribution in [0, 0.1) is 10.1 Å².